The lowest BCUT2D eigenvalue weighted by atomic mass is 10.0. The van der Waals surface area contributed by atoms with E-state index in [4.69, 9.17) is 11.6 Å². The first-order chi connectivity index (χ1) is 6.69. The Bertz CT molecular complexity index is 336. The molecule has 14 heavy (non-hydrogen) atoms. The number of hydrogen-bond donors (Lipinski definition) is 0. The van der Waals surface area contributed by atoms with E-state index in [1.807, 2.05) is 13.0 Å². The van der Waals surface area contributed by atoms with Crippen LogP contribution in [0.15, 0.2) is 18.2 Å². The van der Waals surface area contributed by atoms with E-state index in [0.29, 0.717) is 5.56 Å². The summed E-state index contributed by atoms with van der Waals surface area (Å²) in [5.41, 5.74) is 1.36. The van der Waals surface area contributed by atoms with Gasteiger partial charge in [-0.15, -0.1) is 11.6 Å². The van der Waals surface area contributed by atoms with Crippen LogP contribution >= 0.6 is 11.6 Å². The van der Waals surface area contributed by atoms with Crippen molar-refractivity contribution in [2.45, 2.75) is 19.8 Å². The summed E-state index contributed by atoms with van der Waals surface area (Å²) >= 11 is 5.38. The number of Topliss-reactive ketones (excluding diaryl/α,β-unsaturated/α-hetero) is 1. The van der Waals surface area contributed by atoms with Crippen molar-refractivity contribution in [1.82, 2.24) is 0 Å². The Morgan fingerprint density at radius 2 is 2.21 bits per heavy atom. The summed E-state index contributed by atoms with van der Waals surface area (Å²) in [7, 11) is 0. The average molecular weight is 215 g/mol. The molecule has 0 fully saturated rings. The van der Waals surface area contributed by atoms with Crippen LogP contribution in [0.25, 0.3) is 0 Å². The summed E-state index contributed by atoms with van der Waals surface area (Å²) < 4.78 is 13.3. The molecule has 0 atom stereocenters. The highest BCUT2D eigenvalue weighted by Gasteiger charge is 2.10. The second-order valence-electron chi connectivity index (χ2n) is 3.08. The van der Waals surface area contributed by atoms with Crippen molar-refractivity contribution >= 4 is 17.4 Å². The number of carbonyl (C=O) groups excluding carboxylic acids is 1. The second kappa shape index (κ2) is 5.11. The fourth-order valence-electron chi connectivity index (χ4n) is 1.38. The SMILES string of the molecule is CCc1cccc(F)c1CC(=O)CCl. The molecule has 0 heterocycles. The molecule has 1 aromatic rings. The fraction of sp³-hybridized carbons (Fsp3) is 0.364. The number of hydrogen-bond acceptors (Lipinski definition) is 1. The number of ketones is 1. The summed E-state index contributed by atoms with van der Waals surface area (Å²) in [6, 6.07) is 4.86. The van der Waals surface area contributed by atoms with Gasteiger partial charge in [0.05, 0.1) is 5.88 Å². The van der Waals surface area contributed by atoms with Gasteiger partial charge in [0.2, 0.25) is 0 Å². The van der Waals surface area contributed by atoms with Crippen molar-refractivity contribution in [3.63, 3.8) is 0 Å². The zero-order valence-corrected chi connectivity index (χ0v) is 8.77. The lowest BCUT2D eigenvalue weighted by molar-refractivity contribution is -0.116. The van der Waals surface area contributed by atoms with E-state index in [9.17, 15) is 9.18 Å². The molecule has 0 bridgehead atoms. The molecule has 0 N–H and O–H groups in total. The minimum absolute atomic E-state index is 0.0580. The summed E-state index contributed by atoms with van der Waals surface area (Å²) in [5, 5.41) is 0. The largest absolute Gasteiger partial charge is 0.298 e. The van der Waals surface area contributed by atoms with E-state index in [-0.39, 0.29) is 23.9 Å². The van der Waals surface area contributed by atoms with Crippen molar-refractivity contribution in [3.05, 3.63) is 35.1 Å². The molecule has 1 aromatic carbocycles. The standard InChI is InChI=1S/C11H12ClFO/c1-2-8-4-3-5-11(13)10(8)6-9(14)7-12/h3-5H,2,6-7H2,1H3. The average Bonchev–Trinajstić information content (AvgIpc) is 2.20. The van der Waals surface area contributed by atoms with E-state index in [1.54, 1.807) is 6.07 Å². The van der Waals surface area contributed by atoms with Gasteiger partial charge in [0, 0.05) is 6.42 Å². The zero-order chi connectivity index (χ0) is 10.6. The lowest BCUT2D eigenvalue weighted by Crippen LogP contribution is -2.08. The van der Waals surface area contributed by atoms with Crippen LogP contribution in [0.3, 0.4) is 0 Å². The molecule has 0 aliphatic carbocycles. The molecule has 0 saturated carbocycles. The third kappa shape index (κ3) is 2.55. The fourth-order valence-corrected chi connectivity index (χ4v) is 1.47. The summed E-state index contributed by atoms with van der Waals surface area (Å²) in [6.45, 7) is 1.93. The Balaban J connectivity index is 2.98. The molecule has 0 amide bonds. The van der Waals surface area contributed by atoms with Crippen LogP contribution in [0.5, 0.6) is 0 Å². The number of aryl methyl sites for hydroxylation is 1. The molecule has 0 saturated heterocycles. The van der Waals surface area contributed by atoms with Crippen LogP contribution in [0.1, 0.15) is 18.1 Å². The monoisotopic (exact) mass is 214 g/mol. The van der Waals surface area contributed by atoms with Crippen molar-refractivity contribution in [3.8, 4) is 0 Å². The first kappa shape index (κ1) is 11.2. The highest BCUT2D eigenvalue weighted by atomic mass is 35.5. The number of benzene rings is 1. The maximum atomic E-state index is 13.3. The quantitative estimate of drug-likeness (QED) is 0.705. The van der Waals surface area contributed by atoms with Gasteiger partial charge in [-0.05, 0) is 23.6 Å². The molecule has 76 valence electrons. The van der Waals surface area contributed by atoms with Gasteiger partial charge in [-0.3, -0.25) is 4.79 Å². The molecule has 0 unspecified atom stereocenters. The number of halogens is 2. The highest BCUT2D eigenvalue weighted by molar-refractivity contribution is 6.27. The van der Waals surface area contributed by atoms with Crippen molar-refractivity contribution in [2.75, 3.05) is 5.88 Å². The third-order valence-electron chi connectivity index (χ3n) is 2.12. The maximum Gasteiger partial charge on any atom is 0.152 e. The predicted molar refractivity (Wildman–Crippen MR) is 55.2 cm³/mol. The highest BCUT2D eigenvalue weighted by Crippen LogP contribution is 2.15. The zero-order valence-electron chi connectivity index (χ0n) is 8.02. The van der Waals surface area contributed by atoms with Gasteiger partial charge in [-0.2, -0.15) is 0 Å². The second-order valence-corrected chi connectivity index (χ2v) is 3.35. The van der Waals surface area contributed by atoms with Gasteiger partial charge in [0.15, 0.2) is 5.78 Å². The molecular weight excluding hydrogens is 203 g/mol. The van der Waals surface area contributed by atoms with Crippen molar-refractivity contribution in [1.29, 1.82) is 0 Å². The summed E-state index contributed by atoms with van der Waals surface area (Å²) in [4.78, 5) is 11.1. The van der Waals surface area contributed by atoms with Crippen molar-refractivity contribution in [2.24, 2.45) is 0 Å². The minimum atomic E-state index is -0.317. The van der Waals surface area contributed by atoms with Crippen LogP contribution in [0, 0.1) is 5.82 Å². The van der Waals surface area contributed by atoms with Gasteiger partial charge in [-0.1, -0.05) is 19.1 Å². The topological polar surface area (TPSA) is 17.1 Å². The van der Waals surface area contributed by atoms with Crippen LogP contribution < -0.4 is 0 Å². The first-order valence-electron chi connectivity index (χ1n) is 4.53. The minimum Gasteiger partial charge on any atom is -0.298 e. The van der Waals surface area contributed by atoms with E-state index in [1.165, 1.54) is 6.07 Å². The van der Waals surface area contributed by atoms with E-state index >= 15 is 0 Å². The Hall–Kier alpha value is -0.890. The molecule has 1 nitrogen and oxygen atoms in total. The normalized spacial score (nSPS) is 10.2. The molecular formula is C11H12ClFO. The van der Waals surface area contributed by atoms with Gasteiger partial charge in [0.25, 0.3) is 0 Å². The van der Waals surface area contributed by atoms with Crippen LogP contribution in [0.4, 0.5) is 4.39 Å². The predicted octanol–water partition coefficient (Wildman–Crippen LogP) is 2.74. The molecule has 3 heteroatoms. The van der Waals surface area contributed by atoms with Gasteiger partial charge >= 0.3 is 0 Å². The molecule has 0 spiro atoms. The van der Waals surface area contributed by atoms with Gasteiger partial charge in [-0.25, -0.2) is 4.39 Å². The van der Waals surface area contributed by atoms with Crippen LogP contribution in [0.2, 0.25) is 0 Å². The Morgan fingerprint density at radius 1 is 1.50 bits per heavy atom. The Kier molecular flexibility index (Phi) is 4.08. The van der Waals surface area contributed by atoms with E-state index in [0.717, 1.165) is 12.0 Å². The van der Waals surface area contributed by atoms with E-state index in [2.05, 4.69) is 0 Å². The lowest BCUT2D eigenvalue weighted by Gasteiger charge is -2.07. The van der Waals surface area contributed by atoms with Crippen LogP contribution in [-0.2, 0) is 17.6 Å². The van der Waals surface area contributed by atoms with E-state index < -0.39 is 0 Å². The molecule has 1 rings (SSSR count). The third-order valence-corrected chi connectivity index (χ3v) is 2.42. The van der Waals surface area contributed by atoms with Crippen LogP contribution in [-0.4, -0.2) is 11.7 Å². The molecule has 0 aromatic heterocycles. The molecule has 0 aliphatic rings. The summed E-state index contributed by atoms with van der Waals surface area (Å²) in [6.07, 6.45) is 0.821. The van der Waals surface area contributed by atoms with Gasteiger partial charge < -0.3 is 0 Å². The maximum absolute atomic E-state index is 13.3. The van der Waals surface area contributed by atoms with Crippen molar-refractivity contribution < 1.29 is 9.18 Å². The summed E-state index contributed by atoms with van der Waals surface area (Å²) in [5.74, 6) is -0.522. The Morgan fingerprint density at radius 3 is 2.79 bits per heavy atom. The molecule has 0 aliphatic heterocycles. The Labute approximate surface area is 87.9 Å². The smallest absolute Gasteiger partial charge is 0.152 e. The number of alkyl halides is 1. The molecule has 0 radical (unpaired) electrons. The number of carbonyl (C=O) groups is 1. The van der Waals surface area contributed by atoms with Gasteiger partial charge in [0.1, 0.15) is 5.82 Å². The number of rotatable bonds is 4. The first-order valence-corrected chi connectivity index (χ1v) is 5.06.